The number of hydrogen-bond donors (Lipinski definition) is 2. The van der Waals surface area contributed by atoms with E-state index in [9.17, 15) is 19.2 Å². The standard InChI is InChI=1S/C18H23ClN2O5/c1-18(2,3)14(22)11-26-16(24)10-6-9-15(23)20-21-17(25)12-7-4-5-8-13(12)19/h4-5,7-8H,6,9-11H2,1-3H3,(H,20,23)(H,21,25). The Morgan fingerprint density at radius 2 is 1.69 bits per heavy atom. The number of hydrazine groups is 1. The maximum atomic E-state index is 11.9. The Morgan fingerprint density at radius 1 is 1.04 bits per heavy atom. The highest BCUT2D eigenvalue weighted by atomic mass is 35.5. The number of amides is 2. The van der Waals surface area contributed by atoms with Gasteiger partial charge in [-0.25, -0.2) is 0 Å². The Balaban J connectivity index is 2.24. The summed E-state index contributed by atoms with van der Waals surface area (Å²) in [6, 6.07) is 6.43. The Morgan fingerprint density at radius 3 is 2.31 bits per heavy atom. The van der Waals surface area contributed by atoms with Crippen LogP contribution in [0.5, 0.6) is 0 Å². The molecular formula is C18H23ClN2O5. The molecule has 0 atom stereocenters. The largest absolute Gasteiger partial charge is 0.458 e. The van der Waals surface area contributed by atoms with Crippen LogP contribution in [0.1, 0.15) is 50.4 Å². The zero-order valence-corrected chi connectivity index (χ0v) is 15.8. The number of carbonyl (C=O) groups is 4. The minimum absolute atomic E-state index is 0.00328. The second-order valence-electron chi connectivity index (χ2n) is 6.67. The average Bonchev–Trinajstić information content (AvgIpc) is 2.57. The summed E-state index contributed by atoms with van der Waals surface area (Å²) in [5.74, 6) is -1.71. The van der Waals surface area contributed by atoms with E-state index in [0.29, 0.717) is 0 Å². The van der Waals surface area contributed by atoms with E-state index < -0.39 is 23.2 Å². The van der Waals surface area contributed by atoms with E-state index in [0.717, 1.165) is 0 Å². The van der Waals surface area contributed by atoms with Crippen LogP contribution in [0, 0.1) is 5.41 Å². The number of carbonyl (C=O) groups excluding carboxylic acids is 4. The third kappa shape index (κ3) is 7.65. The van der Waals surface area contributed by atoms with Crippen molar-refractivity contribution in [1.82, 2.24) is 10.9 Å². The van der Waals surface area contributed by atoms with Gasteiger partial charge in [-0.15, -0.1) is 0 Å². The van der Waals surface area contributed by atoms with Gasteiger partial charge >= 0.3 is 5.97 Å². The van der Waals surface area contributed by atoms with Crippen molar-refractivity contribution in [3.05, 3.63) is 34.9 Å². The Bertz CT molecular complexity index is 682. The molecule has 2 amide bonds. The van der Waals surface area contributed by atoms with Crippen molar-refractivity contribution >= 4 is 35.2 Å². The van der Waals surface area contributed by atoms with E-state index in [1.54, 1.807) is 39.0 Å². The molecule has 2 N–H and O–H groups in total. The van der Waals surface area contributed by atoms with Gasteiger partial charge in [0.1, 0.15) is 0 Å². The number of ether oxygens (including phenoxy) is 1. The second-order valence-corrected chi connectivity index (χ2v) is 7.08. The highest BCUT2D eigenvalue weighted by Crippen LogP contribution is 2.15. The molecular weight excluding hydrogens is 360 g/mol. The van der Waals surface area contributed by atoms with Gasteiger partial charge < -0.3 is 4.74 Å². The van der Waals surface area contributed by atoms with Gasteiger partial charge in [0.05, 0.1) is 10.6 Å². The lowest BCUT2D eigenvalue weighted by Gasteiger charge is -2.16. The normalized spacial score (nSPS) is 10.8. The minimum Gasteiger partial charge on any atom is -0.458 e. The first kappa shape index (κ1) is 21.6. The zero-order chi connectivity index (χ0) is 19.7. The fourth-order valence-electron chi connectivity index (χ4n) is 1.73. The number of halogens is 1. The van der Waals surface area contributed by atoms with Crippen molar-refractivity contribution < 1.29 is 23.9 Å². The molecule has 0 heterocycles. The summed E-state index contributed by atoms with van der Waals surface area (Å²) in [4.78, 5) is 46.7. The fourth-order valence-corrected chi connectivity index (χ4v) is 1.95. The number of benzene rings is 1. The van der Waals surface area contributed by atoms with Crippen LogP contribution in [0.3, 0.4) is 0 Å². The highest BCUT2D eigenvalue weighted by molar-refractivity contribution is 6.33. The summed E-state index contributed by atoms with van der Waals surface area (Å²) in [6.45, 7) is 4.95. The van der Waals surface area contributed by atoms with E-state index in [4.69, 9.17) is 16.3 Å². The lowest BCUT2D eigenvalue weighted by atomic mass is 9.91. The summed E-state index contributed by atoms with van der Waals surface area (Å²) in [5, 5.41) is 0.270. The minimum atomic E-state index is -0.569. The molecule has 1 aromatic rings. The molecule has 0 aliphatic rings. The van der Waals surface area contributed by atoms with Crippen LogP contribution < -0.4 is 10.9 Å². The smallest absolute Gasteiger partial charge is 0.306 e. The predicted octanol–water partition coefficient (Wildman–Crippen LogP) is 2.43. The summed E-state index contributed by atoms with van der Waals surface area (Å²) < 4.78 is 4.88. The Kier molecular flexibility index (Phi) is 8.25. The van der Waals surface area contributed by atoms with Crippen LogP contribution in [0.2, 0.25) is 5.02 Å². The van der Waals surface area contributed by atoms with Crippen molar-refractivity contribution in [2.24, 2.45) is 5.41 Å². The van der Waals surface area contributed by atoms with Crippen molar-refractivity contribution in [2.75, 3.05) is 6.61 Å². The van der Waals surface area contributed by atoms with E-state index in [-0.39, 0.29) is 42.2 Å². The first-order chi connectivity index (χ1) is 12.1. The van der Waals surface area contributed by atoms with Crippen LogP contribution in [0.15, 0.2) is 24.3 Å². The van der Waals surface area contributed by atoms with Crippen LogP contribution in [-0.4, -0.2) is 30.2 Å². The molecule has 8 heteroatoms. The molecule has 0 spiro atoms. The van der Waals surface area contributed by atoms with Crippen LogP contribution in [0.4, 0.5) is 0 Å². The molecule has 1 rings (SSSR count). The van der Waals surface area contributed by atoms with Crippen molar-refractivity contribution in [3.63, 3.8) is 0 Å². The van der Waals surface area contributed by atoms with Crippen LogP contribution in [0.25, 0.3) is 0 Å². The third-order valence-corrected chi connectivity index (χ3v) is 3.75. The van der Waals surface area contributed by atoms with Crippen LogP contribution in [-0.2, 0) is 19.1 Å². The SMILES string of the molecule is CC(C)(C)C(=O)COC(=O)CCCC(=O)NNC(=O)c1ccccc1Cl. The van der Waals surface area contributed by atoms with E-state index >= 15 is 0 Å². The lowest BCUT2D eigenvalue weighted by molar-refractivity contribution is -0.150. The summed E-state index contributed by atoms with van der Waals surface area (Å²) in [5.41, 5.74) is 4.17. The number of rotatable bonds is 7. The highest BCUT2D eigenvalue weighted by Gasteiger charge is 2.22. The molecule has 0 radical (unpaired) electrons. The maximum Gasteiger partial charge on any atom is 0.306 e. The quantitative estimate of drug-likeness (QED) is 0.557. The topological polar surface area (TPSA) is 102 Å². The second kappa shape index (κ2) is 9.91. The van der Waals surface area contributed by atoms with Crippen LogP contribution >= 0.6 is 11.6 Å². The summed E-state index contributed by atoms with van der Waals surface area (Å²) in [7, 11) is 0. The number of esters is 1. The van der Waals surface area contributed by atoms with Gasteiger partial charge in [-0.1, -0.05) is 44.5 Å². The molecule has 0 saturated carbocycles. The number of hydrogen-bond acceptors (Lipinski definition) is 5. The molecule has 0 aromatic heterocycles. The molecule has 1 aromatic carbocycles. The maximum absolute atomic E-state index is 11.9. The van der Waals surface area contributed by atoms with E-state index in [1.807, 2.05) is 0 Å². The molecule has 0 fully saturated rings. The van der Waals surface area contributed by atoms with Gasteiger partial charge in [-0.05, 0) is 18.6 Å². The molecule has 7 nitrogen and oxygen atoms in total. The summed E-state index contributed by atoms with van der Waals surface area (Å²) in [6.07, 6.45) is 0.255. The molecule has 142 valence electrons. The molecule has 26 heavy (non-hydrogen) atoms. The van der Waals surface area contributed by atoms with Crippen molar-refractivity contribution in [1.29, 1.82) is 0 Å². The van der Waals surface area contributed by atoms with Gasteiger partial charge in [0, 0.05) is 18.3 Å². The molecule has 0 unspecified atom stereocenters. The van der Waals surface area contributed by atoms with Gasteiger partial charge in [-0.2, -0.15) is 0 Å². The Labute approximate surface area is 157 Å². The monoisotopic (exact) mass is 382 g/mol. The number of Topliss-reactive ketones (excluding diaryl/α,β-unsaturated/α-hetero) is 1. The van der Waals surface area contributed by atoms with E-state index in [2.05, 4.69) is 10.9 Å². The van der Waals surface area contributed by atoms with E-state index in [1.165, 1.54) is 6.07 Å². The fraction of sp³-hybridized carbons (Fsp3) is 0.444. The lowest BCUT2D eigenvalue weighted by Crippen LogP contribution is -2.41. The van der Waals surface area contributed by atoms with Gasteiger partial charge in [0.15, 0.2) is 12.4 Å². The number of nitrogens with one attached hydrogen (secondary N) is 2. The van der Waals surface area contributed by atoms with Crippen molar-refractivity contribution in [2.45, 2.75) is 40.0 Å². The van der Waals surface area contributed by atoms with Gasteiger partial charge in [-0.3, -0.25) is 30.0 Å². The molecule has 0 aliphatic carbocycles. The first-order valence-corrected chi connectivity index (χ1v) is 8.51. The average molecular weight is 383 g/mol. The number of ketones is 1. The summed E-state index contributed by atoms with van der Waals surface area (Å²) >= 11 is 5.88. The molecule has 0 aliphatic heterocycles. The van der Waals surface area contributed by atoms with Gasteiger partial charge in [0.2, 0.25) is 5.91 Å². The van der Waals surface area contributed by atoms with Crippen molar-refractivity contribution in [3.8, 4) is 0 Å². The predicted molar refractivity (Wildman–Crippen MR) is 96.3 cm³/mol. The zero-order valence-electron chi connectivity index (χ0n) is 15.1. The first-order valence-electron chi connectivity index (χ1n) is 8.14. The van der Waals surface area contributed by atoms with Gasteiger partial charge in [0.25, 0.3) is 5.91 Å². The molecule has 0 saturated heterocycles. The third-order valence-electron chi connectivity index (χ3n) is 3.42. The Hall–Kier alpha value is -2.41. The molecule has 0 bridgehead atoms.